The first-order chi connectivity index (χ1) is 8.27. The molecule has 0 fully saturated rings. The van der Waals surface area contributed by atoms with E-state index in [4.69, 9.17) is 0 Å². The van der Waals surface area contributed by atoms with Crippen LogP contribution >= 0.6 is 0 Å². The Labute approximate surface area is 103 Å². The van der Waals surface area contributed by atoms with E-state index in [9.17, 15) is 5.11 Å². The molecule has 0 aliphatic carbocycles. The van der Waals surface area contributed by atoms with Gasteiger partial charge in [-0.15, -0.1) is 0 Å². The van der Waals surface area contributed by atoms with Crippen LogP contribution in [0.4, 0.5) is 0 Å². The second kappa shape index (κ2) is 5.65. The van der Waals surface area contributed by atoms with Gasteiger partial charge in [-0.05, 0) is 36.5 Å². The molecular weight excluding hydrogens is 208 g/mol. The molecule has 2 rings (SSSR count). The minimum absolute atomic E-state index is 0.237. The van der Waals surface area contributed by atoms with Crippen molar-refractivity contribution in [3.8, 4) is 11.1 Å². The van der Waals surface area contributed by atoms with E-state index in [-0.39, 0.29) is 6.10 Å². The van der Waals surface area contributed by atoms with Gasteiger partial charge in [0, 0.05) is 0 Å². The molecule has 2 aromatic carbocycles. The summed E-state index contributed by atoms with van der Waals surface area (Å²) in [4.78, 5) is 0. The summed E-state index contributed by atoms with van der Waals surface area (Å²) in [6.07, 6.45) is 1.49. The van der Waals surface area contributed by atoms with Crippen LogP contribution in [-0.4, -0.2) is 11.2 Å². The van der Waals surface area contributed by atoms with Crippen molar-refractivity contribution in [2.45, 2.75) is 25.9 Å². The smallest absolute Gasteiger partial charge is 0.0515 e. The fraction of sp³-hybridized carbons (Fsp3) is 0.250. The summed E-state index contributed by atoms with van der Waals surface area (Å²) in [5.74, 6) is 0. The zero-order chi connectivity index (χ0) is 12.1. The van der Waals surface area contributed by atoms with Crippen LogP contribution < -0.4 is 0 Å². The second-order valence-corrected chi connectivity index (χ2v) is 4.41. The molecule has 17 heavy (non-hydrogen) atoms. The third-order valence-corrected chi connectivity index (χ3v) is 2.93. The molecule has 0 amide bonds. The minimum Gasteiger partial charge on any atom is -0.393 e. The van der Waals surface area contributed by atoms with Gasteiger partial charge < -0.3 is 5.11 Å². The lowest BCUT2D eigenvalue weighted by molar-refractivity contribution is 0.185. The lowest BCUT2D eigenvalue weighted by Crippen LogP contribution is -2.02. The van der Waals surface area contributed by atoms with Crippen LogP contribution in [0.1, 0.15) is 18.9 Å². The monoisotopic (exact) mass is 226 g/mol. The van der Waals surface area contributed by atoms with Crippen molar-refractivity contribution in [2.75, 3.05) is 0 Å². The topological polar surface area (TPSA) is 20.2 Å². The first-order valence-electron chi connectivity index (χ1n) is 6.09. The third-order valence-electron chi connectivity index (χ3n) is 2.93. The Bertz CT molecular complexity index is 460. The molecule has 0 spiro atoms. The predicted octanol–water partition coefficient (Wildman–Crippen LogP) is 3.67. The van der Waals surface area contributed by atoms with Crippen molar-refractivity contribution in [3.05, 3.63) is 60.2 Å². The maximum absolute atomic E-state index is 9.38. The minimum atomic E-state index is -0.237. The lowest BCUT2D eigenvalue weighted by Gasteiger charge is -2.10. The molecule has 1 heteroatoms. The highest BCUT2D eigenvalue weighted by atomic mass is 16.3. The number of aliphatic hydroxyl groups excluding tert-OH is 1. The van der Waals surface area contributed by atoms with E-state index >= 15 is 0 Å². The summed E-state index contributed by atoms with van der Waals surface area (Å²) < 4.78 is 0. The Kier molecular flexibility index (Phi) is 3.94. The van der Waals surface area contributed by atoms with Crippen molar-refractivity contribution in [1.29, 1.82) is 0 Å². The first kappa shape index (κ1) is 11.9. The van der Waals surface area contributed by atoms with Gasteiger partial charge in [0.15, 0.2) is 0 Å². The van der Waals surface area contributed by atoms with Gasteiger partial charge >= 0.3 is 0 Å². The van der Waals surface area contributed by atoms with Crippen molar-refractivity contribution >= 4 is 0 Å². The number of aliphatic hydroxyl groups is 1. The molecule has 0 radical (unpaired) electrons. The van der Waals surface area contributed by atoms with Gasteiger partial charge in [0.1, 0.15) is 0 Å². The van der Waals surface area contributed by atoms with Crippen LogP contribution in [0.2, 0.25) is 0 Å². The van der Waals surface area contributed by atoms with E-state index in [1.165, 1.54) is 16.7 Å². The molecule has 1 nitrogen and oxygen atoms in total. The predicted molar refractivity (Wildman–Crippen MR) is 71.9 cm³/mol. The third kappa shape index (κ3) is 3.18. The fourth-order valence-corrected chi connectivity index (χ4v) is 2.00. The molecule has 0 aromatic heterocycles. The van der Waals surface area contributed by atoms with Gasteiger partial charge in [-0.3, -0.25) is 0 Å². The van der Waals surface area contributed by atoms with E-state index < -0.39 is 0 Å². The van der Waals surface area contributed by atoms with E-state index in [0.29, 0.717) is 0 Å². The standard InChI is InChI=1S/C16H18O/c1-13(17)11-12-15-9-5-6-10-16(15)14-7-3-2-4-8-14/h2-10,13,17H,11-12H2,1H3/t13-/m0/s1. The summed E-state index contributed by atoms with van der Waals surface area (Å²) in [7, 11) is 0. The lowest BCUT2D eigenvalue weighted by atomic mass is 9.96. The number of hydrogen-bond donors (Lipinski definition) is 1. The average molecular weight is 226 g/mol. The van der Waals surface area contributed by atoms with Crippen LogP contribution in [0.3, 0.4) is 0 Å². The molecule has 1 atom stereocenters. The van der Waals surface area contributed by atoms with Crippen molar-refractivity contribution in [2.24, 2.45) is 0 Å². The molecule has 0 saturated carbocycles. The highest BCUT2D eigenvalue weighted by Crippen LogP contribution is 2.24. The van der Waals surface area contributed by atoms with Gasteiger partial charge in [-0.2, -0.15) is 0 Å². The maximum atomic E-state index is 9.38. The molecular formula is C16H18O. The SMILES string of the molecule is C[C@H](O)CCc1ccccc1-c1ccccc1. The summed E-state index contributed by atoms with van der Waals surface area (Å²) in [6.45, 7) is 1.84. The number of benzene rings is 2. The van der Waals surface area contributed by atoms with Gasteiger partial charge in [-0.1, -0.05) is 54.6 Å². The number of rotatable bonds is 4. The molecule has 0 bridgehead atoms. The molecule has 0 unspecified atom stereocenters. The van der Waals surface area contributed by atoms with E-state index in [1.54, 1.807) is 0 Å². The highest BCUT2D eigenvalue weighted by molar-refractivity contribution is 5.67. The van der Waals surface area contributed by atoms with Crippen molar-refractivity contribution in [1.82, 2.24) is 0 Å². The Balaban J connectivity index is 2.28. The summed E-state index contributed by atoms with van der Waals surface area (Å²) in [6, 6.07) is 18.8. The van der Waals surface area contributed by atoms with Crippen LogP contribution in [0.25, 0.3) is 11.1 Å². The number of hydrogen-bond acceptors (Lipinski definition) is 1. The van der Waals surface area contributed by atoms with E-state index in [0.717, 1.165) is 12.8 Å². The zero-order valence-corrected chi connectivity index (χ0v) is 10.1. The Morgan fingerprint density at radius 1 is 0.941 bits per heavy atom. The average Bonchev–Trinajstić information content (AvgIpc) is 2.38. The first-order valence-corrected chi connectivity index (χ1v) is 6.09. The molecule has 0 heterocycles. The Morgan fingerprint density at radius 2 is 1.59 bits per heavy atom. The molecule has 88 valence electrons. The van der Waals surface area contributed by atoms with Crippen LogP contribution in [0, 0.1) is 0 Å². The Hall–Kier alpha value is -1.60. The normalized spacial score (nSPS) is 12.4. The summed E-state index contributed by atoms with van der Waals surface area (Å²) >= 11 is 0. The van der Waals surface area contributed by atoms with E-state index in [2.05, 4.69) is 48.5 Å². The highest BCUT2D eigenvalue weighted by Gasteiger charge is 2.05. The fourth-order valence-electron chi connectivity index (χ4n) is 2.00. The number of aryl methyl sites for hydroxylation is 1. The zero-order valence-electron chi connectivity index (χ0n) is 10.1. The molecule has 0 aliphatic heterocycles. The second-order valence-electron chi connectivity index (χ2n) is 4.41. The van der Waals surface area contributed by atoms with E-state index in [1.807, 2.05) is 13.0 Å². The van der Waals surface area contributed by atoms with Crippen LogP contribution in [0.15, 0.2) is 54.6 Å². The van der Waals surface area contributed by atoms with Crippen LogP contribution in [-0.2, 0) is 6.42 Å². The molecule has 1 N–H and O–H groups in total. The van der Waals surface area contributed by atoms with Crippen molar-refractivity contribution in [3.63, 3.8) is 0 Å². The van der Waals surface area contributed by atoms with Crippen molar-refractivity contribution < 1.29 is 5.11 Å². The molecule has 2 aromatic rings. The van der Waals surface area contributed by atoms with Gasteiger partial charge in [0.25, 0.3) is 0 Å². The quantitative estimate of drug-likeness (QED) is 0.843. The largest absolute Gasteiger partial charge is 0.393 e. The Morgan fingerprint density at radius 3 is 2.29 bits per heavy atom. The van der Waals surface area contributed by atoms with Gasteiger partial charge in [0.2, 0.25) is 0 Å². The maximum Gasteiger partial charge on any atom is 0.0515 e. The molecule has 0 saturated heterocycles. The van der Waals surface area contributed by atoms with Gasteiger partial charge in [-0.25, -0.2) is 0 Å². The summed E-state index contributed by atoms with van der Waals surface area (Å²) in [5, 5.41) is 9.38. The summed E-state index contributed by atoms with van der Waals surface area (Å²) in [5.41, 5.74) is 3.82. The van der Waals surface area contributed by atoms with Gasteiger partial charge in [0.05, 0.1) is 6.10 Å². The molecule has 0 aliphatic rings. The van der Waals surface area contributed by atoms with Crippen LogP contribution in [0.5, 0.6) is 0 Å².